The van der Waals surface area contributed by atoms with Crippen molar-refractivity contribution in [1.29, 1.82) is 0 Å². The quantitative estimate of drug-likeness (QED) is 0.133. The Bertz CT molecular complexity index is 3940. The Labute approximate surface area is 458 Å². The van der Waals surface area contributed by atoms with Gasteiger partial charge in [-0.3, -0.25) is 0 Å². The molecule has 0 fully saturated rings. The van der Waals surface area contributed by atoms with Gasteiger partial charge in [0.1, 0.15) is 0 Å². The van der Waals surface area contributed by atoms with E-state index < -0.39 is 0 Å². The zero-order valence-corrected chi connectivity index (χ0v) is 44.0. The molecule has 0 amide bonds. The van der Waals surface area contributed by atoms with Crippen molar-refractivity contribution in [3.05, 3.63) is 296 Å². The number of rotatable bonds is 9. The average Bonchev–Trinajstić information content (AvgIpc) is 2.79. The molecule has 2 aliphatic heterocycles. The van der Waals surface area contributed by atoms with Gasteiger partial charge in [0.2, 0.25) is 0 Å². The standard InChI is InChI=1S/C75H55BN2/c1-50-44-51(2)74(52(3)45-50)61-48-72-75-73(49-61)78(63-40-34-56(35-41-63)54-22-10-5-11-23-54)71-43-37-60(67-31-19-17-29-65(67)58-26-14-7-15-27-58)47-69(71)76(75)68-46-59(66-30-18-16-28-64(66)57-24-12-6-13-25-57)36-42-70(68)77(72)62-38-32-55(33-39-62)53-20-8-4-9-21-53/h4-49H,1-3H3. The molecule has 0 unspecified atom stereocenters. The van der Waals surface area contributed by atoms with Gasteiger partial charge in [-0.25, -0.2) is 0 Å². The summed E-state index contributed by atoms with van der Waals surface area (Å²) in [7, 11) is 0. The summed E-state index contributed by atoms with van der Waals surface area (Å²) < 4.78 is 0. The molecule has 0 bridgehead atoms. The largest absolute Gasteiger partial charge is 0.311 e. The minimum atomic E-state index is -0.137. The van der Waals surface area contributed by atoms with Crippen molar-refractivity contribution in [1.82, 2.24) is 0 Å². The molecular weight excluding hydrogens is 940 g/mol. The van der Waals surface area contributed by atoms with E-state index in [4.69, 9.17) is 0 Å². The Morgan fingerprint density at radius 1 is 0.256 bits per heavy atom. The van der Waals surface area contributed by atoms with Gasteiger partial charge in [0.25, 0.3) is 6.71 Å². The molecule has 0 saturated heterocycles. The van der Waals surface area contributed by atoms with Gasteiger partial charge in [-0.2, -0.15) is 0 Å². The summed E-state index contributed by atoms with van der Waals surface area (Å²) >= 11 is 0. The molecule has 14 rings (SSSR count). The molecule has 0 aliphatic carbocycles. The highest BCUT2D eigenvalue weighted by atomic mass is 15.2. The zero-order chi connectivity index (χ0) is 52.3. The average molecular weight is 995 g/mol. The summed E-state index contributed by atoms with van der Waals surface area (Å²) in [4.78, 5) is 5.12. The highest BCUT2D eigenvalue weighted by molar-refractivity contribution is 7.00. The van der Waals surface area contributed by atoms with Crippen LogP contribution in [0.3, 0.4) is 0 Å². The van der Waals surface area contributed by atoms with Crippen molar-refractivity contribution in [3.8, 4) is 77.9 Å². The van der Waals surface area contributed by atoms with Crippen LogP contribution in [-0.4, -0.2) is 6.71 Å². The topological polar surface area (TPSA) is 6.48 Å². The summed E-state index contributed by atoms with van der Waals surface area (Å²) in [6.07, 6.45) is 0. The molecule has 0 spiro atoms. The van der Waals surface area contributed by atoms with Crippen molar-refractivity contribution >= 4 is 57.2 Å². The first-order valence-electron chi connectivity index (χ1n) is 27.2. The van der Waals surface area contributed by atoms with Crippen molar-refractivity contribution in [2.75, 3.05) is 9.80 Å². The van der Waals surface area contributed by atoms with Gasteiger partial charge in [0.05, 0.1) is 0 Å². The predicted octanol–water partition coefficient (Wildman–Crippen LogP) is 18.4. The monoisotopic (exact) mass is 994 g/mol. The summed E-state index contributed by atoms with van der Waals surface area (Å²) in [5.41, 5.74) is 31.4. The van der Waals surface area contributed by atoms with Crippen LogP contribution in [0.5, 0.6) is 0 Å². The van der Waals surface area contributed by atoms with Gasteiger partial charge in [-0.15, -0.1) is 0 Å². The van der Waals surface area contributed by atoms with Gasteiger partial charge < -0.3 is 9.80 Å². The zero-order valence-electron chi connectivity index (χ0n) is 44.0. The Morgan fingerprint density at radius 2 is 0.577 bits per heavy atom. The molecule has 12 aromatic rings. The van der Waals surface area contributed by atoms with Crippen LogP contribution in [0.4, 0.5) is 34.1 Å². The number of fused-ring (bicyclic) bond motifs is 4. The van der Waals surface area contributed by atoms with E-state index in [-0.39, 0.29) is 6.71 Å². The maximum Gasteiger partial charge on any atom is 0.252 e. The lowest BCUT2D eigenvalue weighted by Gasteiger charge is -2.45. The smallest absolute Gasteiger partial charge is 0.252 e. The molecule has 2 aliphatic rings. The first-order valence-corrected chi connectivity index (χ1v) is 27.2. The summed E-state index contributed by atoms with van der Waals surface area (Å²) in [5, 5.41) is 0. The van der Waals surface area contributed by atoms with Gasteiger partial charge >= 0.3 is 0 Å². The fourth-order valence-electron chi connectivity index (χ4n) is 12.8. The summed E-state index contributed by atoms with van der Waals surface area (Å²) in [6.45, 7) is 6.62. The van der Waals surface area contributed by atoms with Gasteiger partial charge in [-0.1, -0.05) is 236 Å². The van der Waals surface area contributed by atoms with E-state index in [0.29, 0.717) is 0 Å². The van der Waals surface area contributed by atoms with Crippen LogP contribution in [0.25, 0.3) is 77.9 Å². The van der Waals surface area contributed by atoms with Gasteiger partial charge in [0, 0.05) is 34.1 Å². The lowest BCUT2D eigenvalue weighted by molar-refractivity contribution is 1.25. The van der Waals surface area contributed by atoms with E-state index in [9.17, 15) is 0 Å². The second-order valence-electron chi connectivity index (χ2n) is 21.0. The first-order chi connectivity index (χ1) is 38.4. The lowest BCUT2D eigenvalue weighted by atomic mass is 9.33. The third kappa shape index (κ3) is 8.15. The van der Waals surface area contributed by atoms with Gasteiger partial charge in [0.15, 0.2) is 0 Å². The van der Waals surface area contributed by atoms with Gasteiger partial charge in [-0.05, 0) is 175 Å². The molecule has 2 heterocycles. The maximum atomic E-state index is 2.56. The number of anilines is 6. The van der Waals surface area contributed by atoms with Crippen molar-refractivity contribution in [3.63, 3.8) is 0 Å². The summed E-state index contributed by atoms with van der Waals surface area (Å²) in [6, 6.07) is 104. The molecule has 0 aromatic heterocycles. The van der Waals surface area contributed by atoms with Crippen LogP contribution in [0.15, 0.2) is 279 Å². The predicted molar refractivity (Wildman–Crippen MR) is 333 cm³/mol. The van der Waals surface area contributed by atoms with Crippen molar-refractivity contribution < 1.29 is 0 Å². The van der Waals surface area contributed by atoms with Crippen LogP contribution in [0.1, 0.15) is 16.7 Å². The van der Waals surface area contributed by atoms with Crippen molar-refractivity contribution in [2.24, 2.45) is 0 Å². The highest BCUT2D eigenvalue weighted by Crippen LogP contribution is 2.49. The minimum absolute atomic E-state index is 0.137. The molecular formula is C75H55BN2. The van der Waals surface area contributed by atoms with Crippen molar-refractivity contribution in [2.45, 2.75) is 20.8 Å². The van der Waals surface area contributed by atoms with Crippen LogP contribution < -0.4 is 26.2 Å². The third-order valence-corrected chi connectivity index (χ3v) is 16.1. The van der Waals surface area contributed by atoms with Crippen LogP contribution >= 0.6 is 0 Å². The van der Waals surface area contributed by atoms with E-state index in [1.807, 2.05) is 0 Å². The van der Waals surface area contributed by atoms with Crippen LogP contribution in [0.2, 0.25) is 0 Å². The molecule has 368 valence electrons. The maximum absolute atomic E-state index is 2.56. The fraction of sp³-hybridized carbons (Fsp3) is 0.0400. The molecule has 0 N–H and O–H groups in total. The normalized spacial score (nSPS) is 12.2. The molecule has 2 nitrogen and oxygen atoms in total. The Hall–Kier alpha value is -9.70. The lowest BCUT2D eigenvalue weighted by Crippen LogP contribution is -2.61. The minimum Gasteiger partial charge on any atom is -0.311 e. The molecule has 0 radical (unpaired) electrons. The number of benzene rings is 12. The van der Waals surface area contributed by atoms with E-state index >= 15 is 0 Å². The molecule has 78 heavy (non-hydrogen) atoms. The van der Waals surface area contributed by atoms with E-state index in [2.05, 4.69) is 310 Å². The second kappa shape index (κ2) is 19.5. The third-order valence-electron chi connectivity index (χ3n) is 16.1. The van der Waals surface area contributed by atoms with E-state index in [1.165, 1.54) is 134 Å². The van der Waals surface area contributed by atoms with E-state index in [0.717, 1.165) is 11.4 Å². The SMILES string of the molecule is Cc1cc(C)c(-c2cc3c4c(c2)N(c2ccc(-c5ccccc5)cc2)c2ccc(-c5ccccc5-c5ccccc5)cc2B4c2cc(-c4ccccc4-c4ccccc4)ccc2N3c2ccc(-c3ccccc3)cc2)c(C)c1. The fourth-order valence-corrected chi connectivity index (χ4v) is 12.8. The van der Waals surface area contributed by atoms with Crippen LogP contribution in [-0.2, 0) is 0 Å². The number of nitrogens with zero attached hydrogens (tertiary/aromatic N) is 2. The molecule has 3 heteroatoms. The molecule has 12 aromatic carbocycles. The number of hydrogen-bond donors (Lipinski definition) is 0. The van der Waals surface area contributed by atoms with Crippen LogP contribution in [0, 0.1) is 20.8 Å². The Balaban J connectivity index is 1.08. The first kappa shape index (κ1) is 46.8. The highest BCUT2D eigenvalue weighted by Gasteiger charge is 2.44. The number of hydrogen-bond acceptors (Lipinski definition) is 2. The Kier molecular flexibility index (Phi) is 11.7. The summed E-state index contributed by atoms with van der Waals surface area (Å²) in [5.74, 6) is 0. The molecule has 0 atom stereocenters. The Morgan fingerprint density at radius 3 is 0.962 bits per heavy atom. The van der Waals surface area contributed by atoms with E-state index in [1.54, 1.807) is 0 Å². The molecule has 0 saturated carbocycles. The number of aryl methyl sites for hydroxylation is 3. The second-order valence-corrected chi connectivity index (χ2v) is 21.0.